The highest BCUT2D eigenvalue weighted by Crippen LogP contribution is 2.08. The molecule has 1 aromatic heterocycles. The Kier molecular flexibility index (Phi) is 3.08. The first kappa shape index (κ1) is 9.31. The van der Waals surface area contributed by atoms with Crippen molar-refractivity contribution in [3.05, 3.63) is 18.3 Å². The first-order valence-corrected chi connectivity index (χ1v) is 3.89. The Labute approximate surface area is 76.6 Å². The summed E-state index contributed by atoms with van der Waals surface area (Å²) in [6, 6.07) is 3.30. The maximum atomic E-state index is 10.9. The molecule has 0 fully saturated rings. The van der Waals surface area contributed by atoms with Crippen LogP contribution in [0.3, 0.4) is 0 Å². The van der Waals surface area contributed by atoms with Gasteiger partial charge in [-0.15, -0.1) is 0 Å². The molecule has 70 valence electrons. The lowest BCUT2D eigenvalue weighted by Gasteiger charge is -2.04. The number of nitrogens with zero attached hydrogens (tertiary/aromatic N) is 1. The average Bonchev–Trinajstić information content (AvgIpc) is 2.19. The predicted octanol–water partition coefficient (Wildman–Crippen LogP) is 0.875. The van der Waals surface area contributed by atoms with E-state index in [2.05, 4.69) is 20.9 Å². The Hall–Kier alpha value is -1.78. The lowest BCUT2D eigenvalue weighted by Crippen LogP contribution is -2.24. The standard InChI is InChI=1S/C8H12N4O/c1-9-7-4-3-6(5-11-7)12-8(13)10-2/h3-5H,1-2H3,(H,9,11)(H2,10,12,13). The van der Waals surface area contributed by atoms with Crippen LogP contribution >= 0.6 is 0 Å². The van der Waals surface area contributed by atoms with Crippen molar-refractivity contribution in [2.24, 2.45) is 0 Å². The van der Waals surface area contributed by atoms with Crippen LogP contribution in [0.15, 0.2) is 18.3 Å². The van der Waals surface area contributed by atoms with Gasteiger partial charge in [-0.2, -0.15) is 0 Å². The lowest BCUT2D eigenvalue weighted by molar-refractivity contribution is 0.254. The number of hydrogen-bond donors (Lipinski definition) is 3. The number of carbonyl (C=O) groups is 1. The monoisotopic (exact) mass is 180 g/mol. The molecule has 1 aromatic rings. The van der Waals surface area contributed by atoms with E-state index in [-0.39, 0.29) is 6.03 Å². The minimum Gasteiger partial charge on any atom is -0.373 e. The zero-order chi connectivity index (χ0) is 9.68. The van der Waals surface area contributed by atoms with Gasteiger partial charge in [0, 0.05) is 14.1 Å². The molecule has 0 unspecified atom stereocenters. The third kappa shape index (κ3) is 2.62. The van der Waals surface area contributed by atoms with Crippen molar-refractivity contribution in [2.75, 3.05) is 24.7 Å². The van der Waals surface area contributed by atoms with Crippen molar-refractivity contribution in [2.45, 2.75) is 0 Å². The molecule has 3 N–H and O–H groups in total. The summed E-state index contributed by atoms with van der Waals surface area (Å²) in [5.74, 6) is 0.766. The van der Waals surface area contributed by atoms with Gasteiger partial charge in [0.05, 0.1) is 11.9 Å². The molecule has 0 aliphatic heterocycles. The van der Waals surface area contributed by atoms with E-state index >= 15 is 0 Å². The molecule has 1 heterocycles. The SMILES string of the molecule is CNC(=O)Nc1ccc(NC)nc1. The number of urea groups is 1. The third-order valence-corrected chi connectivity index (χ3v) is 1.50. The Morgan fingerprint density at radius 2 is 2.15 bits per heavy atom. The topological polar surface area (TPSA) is 66.1 Å². The van der Waals surface area contributed by atoms with Gasteiger partial charge in [0.15, 0.2) is 0 Å². The van der Waals surface area contributed by atoms with Crippen molar-refractivity contribution in [3.63, 3.8) is 0 Å². The van der Waals surface area contributed by atoms with Gasteiger partial charge in [-0.05, 0) is 12.1 Å². The van der Waals surface area contributed by atoms with E-state index in [4.69, 9.17) is 0 Å². The van der Waals surface area contributed by atoms with Crippen LogP contribution in [-0.2, 0) is 0 Å². The summed E-state index contributed by atoms with van der Waals surface area (Å²) in [7, 11) is 3.35. The van der Waals surface area contributed by atoms with Gasteiger partial charge in [-0.25, -0.2) is 9.78 Å². The van der Waals surface area contributed by atoms with E-state index in [9.17, 15) is 4.79 Å². The van der Waals surface area contributed by atoms with Crippen molar-refractivity contribution < 1.29 is 4.79 Å². The molecule has 5 heteroatoms. The predicted molar refractivity (Wildman–Crippen MR) is 51.9 cm³/mol. The van der Waals surface area contributed by atoms with Gasteiger partial charge in [-0.1, -0.05) is 0 Å². The van der Waals surface area contributed by atoms with Crippen LogP contribution < -0.4 is 16.0 Å². The van der Waals surface area contributed by atoms with Crippen LogP contribution in [0.2, 0.25) is 0 Å². The van der Waals surface area contributed by atoms with Crippen molar-refractivity contribution in [1.82, 2.24) is 10.3 Å². The Bertz CT molecular complexity index is 283. The highest BCUT2D eigenvalue weighted by atomic mass is 16.2. The molecule has 0 atom stereocenters. The Morgan fingerprint density at radius 1 is 1.38 bits per heavy atom. The van der Waals surface area contributed by atoms with E-state index in [1.54, 1.807) is 32.4 Å². The summed E-state index contributed by atoms with van der Waals surface area (Å²) in [5, 5.41) is 7.93. The van der Waals surface area contributed by atoms with Crippen molar-refractivity contribution >= 4 is 17.5 Å². The number of nitrogens with one attached hydrogen (secondary N) is 3. The summed E-state index contributed by atoms with van der Waals surface area (Å²) < 4.78 is 0. The molecular formula is C8H12N4O. The normalized spacial score (nSPS) is 9.08. The highest BCUT2D eigenvalue weighted by Gasteiger charge is 1.97. The van der Waals surface area contributed by atoms with E-state index < -0.39 is 0 Å². The average molecular weight is 180 g/mol. The van der Waals surface area contributed by atoms with Crippen LogP contribution in [0, 0.1) is 0 Å². The van der Waals surface area contributed by atoms with Crippen LogP contribution in [0.1, 0.15) is 0 Å². The summed E-state index contributed by atoms with van der Waals surface area (Å²) in [6.45, 7) is 0. The van der Waals surface area contributed by atoms with E-state index in [0.717, 1.165) is 5.82 Å². The van der Waals surface area contributed by atoms with E-state index in [1.165, 1.54) is 0 Å². The number of rotatable bonds is 2. The first-order chi connectivity index (χ1) is 6.26. The molecular weight excluding hydrogens is 168 g/mol. The lowest BCUT2D eigenvalue weighted by atomic mass is 10.4. The zero-order valence-electron chi connectivity index (χ0n) is 7.59. The van der Waals surface area contributed by atoms with Gasteiger partial charge in [-0.3, -0.25) is 0 Å². The Morgan fingerprint density at radius 3 is 2.62 bits per heavy atom. The largest absolute Gasteiger partial charge is 0.373 e. The van der Waals surface area contributed by atoms with Crippen molar-refractivity contribution in [3.8, 4) is 0 Å². The summed E-state index contributed by atoms with van der Waals surface area (Å²) in [4.78, 5) is 14.9. The zero-order valence-corrected chi connectivity index (χ0v) is 7.59. The van der Waals surface area contributed by atoms with E-state index in [1.807, 2.05) is 0 Å². The molecule has 0 spiro atoms. The number of anilines is 2. The number of aromatic nitrogens is 1. The van der Waals surface area contributed by atoms with Gasteiger partial charge in [0.2, 0.25) is 0 Å². The van der Waals surface area contributed by atoms with E-state index in [0.29, 0.717) is 5.69 Å². The second-order valence-electron chi connectivity index (χ2n) is 2.39. The number of hydrogen-bond acceptors (Lipinski definition) is 3. The minimum atomic E-state index is -0.251. The fourth-order valence-electron chi connectivity index (χ4n) is 0.809. The van der Waals surface area contributed by atoms with Crippen LogP contribution in [0.5, 0.6) is 0 Å². The number of pyridine rings is 1. The fraction of sp³-hybridized carbons (Fsp3) is 0.250. The van der Waals surface area contributed by atoms with Gasteiger partial charge in [0.25, 0.3) is 0 Å². The second-order valence-corrected chi connectivity index (χ2v) is 2.39. The summed E-state index contributed by atoms with van der Waals surface area (Å²) in [6.07, 6.45) is 1.58. The molecule has 0 saturated carbocycles. The first-order valence-electron chi connectivity index (χ1n) is 3.89. The quantitative estimate of drug-likeness (QED) is 0.632. The minimum absolute atomic E-state index is 0.251. The van der Waals surface area contributed by atoms with Gasteiger partial charge < -0.3 is 16.0 Å². The Balaban J connectivity index is 2.64. The molecule has 0 aliphatic carbocycles. The highest BCUT2D eigenvalue weighted by molar-refractivity contribution is 5.88. The third-order valence-electron chi connectivity index (χ3n) is 1.50. The number of amides is 2. The molecule has 1 rings (SSSR count). The molecule has 0 aromatic carbocycles. The second kappa shape index (κ2) is 4.30. The van der Waals surface area contributed by atoms with Crippen molar-refractivity contribution in [1.29, 1.82) is 0 Å². The smallest absolute Gasteiger partial charge is 0.319 e. The van der Waals surface area contributed by atoms with Crippen LogP contribution in [-0.4, -0.2) is 25.1 Å². The fourth-order valence-corrected chi connectivity index (χ4v) is 0.809. The van der Waals surface area contributed by atoms with Gasteiger partial charge >= 0.3 is 6.03 Å². The molecule has 0 bridgehead atoms. The molecule has 0 saturated heterocycles. The molecule has 0 aliphatic rings. The molecule has 5 nitrogen and oxygen atoms in total. The molecule has 13 heavy (non-hydrogen) atoms. The summed E-state index contributed by atoms with van der Waals surface area (Å²) in [5.41, 5.74) is 0.665. The maximum Gasteiger partial charge on any atom is 0.319 e. The molecule has 2 amide bonds. The maximum absolute atomic E-state index is 10.9. The van der Waals surface area contributed by atoms with Gasteiger partial charge in [0.1, 0.15) is 5.82 Å². The summed E-state index contributed by atoms with van der Waals surface area (Å²) >= 11 is 0. The van der Waals surface area contributed by atoms with Crippen LogP contribution in [0.4, 0.5) is 16.3 Å². The molecule has 0 radical (unpaired) electrons. The van der Waals surface area contributed by atoms with Crippen LogP contribution in [0.25, 0.3) is 0 Å². The number of carbonyl (C=O) groups excluding carboxylic acids is 1.